The summed E-state index contributed by atoms with van der Waals surface area (Å²) in [7, 11) is 1.63. The highest BCUT2D eigenvalue weighted by molar-refractivity contribution is 7.47. The average molecular weight is 999 g/mol. The molecule has 0 heterocycles. The zero-order valence-corrected chi connectivity index (χ0v) is 48.0. The Bertz CT molecular complexity index is 1130. The number of aliphatic hydroxyl groups excluding tert-OH is 1. The standard InChI is InChI=1S/C60H121N2O6P/c1-6-8-10-12-14-16-18-20-22-24-26-27-28-29-30-31-32-33-34-35-36-38-40-42-44-46-48-50-52-54-60(64)61-58(57-68-69(65,66)67-56-55-62(3,4)5)59(63)53-51-49-47-45-43-41-39-37-25-23-21-19-17-15-13-11-9-7-2/h29-30,58-59,63H,6-28,31-57H2,1-5H3,(H-,61,64,65,66)/p+1/b30-29-. The van der Waals surface area contributed by atoms with Gasteiger partial charge in [0.1, 0.15) is 13.2 Å². The van der Waals surface area contributed by atoms with Crippen molar-refractivity contribution in [2.24, 2.45) is 0 Å². The van der Waals surface area contributed by atoms with Gasteiger partial charge < -0.3 is 19.8 Å². The number of likely N-dealkylation sites (N-methyl/N-ethyl adjacent to an activating group) is 1. The van der Waals surface area contributed by atoms with Crippen LogP contribution in [-0.2, 0) is 18.4 Å². The zero-order chi connectivity index (χ0) is 50.6. The van der Waals surface area contributed by atoms with Crippen molar-refractivity contribution in [3.8, 4) is 0 Å². The van der Waals surface area contributed by atoms with Gasteiger partial charge in [0.15, 0.2) is 0 Å². The van der Waals surface area contributed by atoms with Crippen molar-refractivity contribution in [2.75, 3.05) is 40.9 Å². The summed E-state index contributed by atoms with van der Waals surface area (Å²) in [5.41, 5.74) is 0. The Morgan fingerprint density at radius 2 is 0.783 bits per heavy atom. The molecule has 3 unspecified atom stereocenters. The van der Waals surface area contributed by atoms with E-state index >= 15 is 0 Å². The van der Waals surface area contributed by atoms with Gasteiger partial charge in [-0.3, -0.25) is 13.8 Å². The van der Waals surface area contributed by atoms with Crippen LogP contribution in [0.1, 0.15) is 316 Å². The van der Waals surface area contributed by atoms with Crippen LogP contribution in [0.15, 0.2) is 12.2 Å². The minimum atomic E-state index is -4.32. The molecule has 0 aliphatic rings. The lowest BCUT2D eigenvalue weighted by Gasteiger charge is -2.26. The van der Waals surface area contributed by atoms with Crippen LogP contribution in [0, 0.1) is 0 Å². The molecule has 69 heavy (non-hydrogen) atoms. The molecular weight excluding hydrogens is 876 g/mol. The number of aliphatic hydroxyl groups is 1. The summed E-state index contributed by atoms with van der Waals surface area (Å²) in [6, 6.07) is -0.758. The van der Waals surface area contributed by atoms with Crippen LogP contribution in [0.2, 0.25) is 0 Å². The number of nitrogens with zero attached hydrogens (tertiary/aromatic N) is 1. The Hall–Kier alpha value is -0.760. The number of phosphoric acid groups is 1. The number of unbranched alkanes of at least 4 members (excludes halogenated alkanes) is 42. The molecule has 0 spiro atoms. The number of allylic oxidation sites excluding steroid dienone is 2. The molecular formula is C60H122N2O6P+. The maximum absolute atomic E-state index is 13.0. The van der Waals surface area contributed by atoms with Crippen molar-refractivity contribution < 1.29 is 32.9 Å². The zero-order valence-electron chi connectivity index (χ0n) is 47.1. The molecule has 0 bridgehead atoms. The van der Waals surface area contributed by atoms with Crippen molar-refractivity contribution in [2.45, 2.75) is 328 Å². The smallest absolute Gasteiger partial charge is 0.391 e. The molecule has 3 atom stereocenters. The van der Waals surface area contributed by atoms with Crippen LogP contribution < -0.4 is 5.32 Å². The second-order valence-corrected chi connectivity index (χ2v) is 23.9. The van der Waals surface area contributed by atoms with Crippen LogP contribution in [-0.4, -0.2) is 73.4 Å². The quantitative estimate of drug-likeness (QED) is 0.0243. The first-order valence-electron chi connectivity index (χ1n) is 30.6. The van der Waals surface area contributed by atoms with E-state index in [1.165, 1.54) is 250 Å². The van der Waals surface area contributed by atoms with E-state index in [1.807, 2.05) is 21.1 Å². The average Bonchev–Trinajstić information content (AvgIpc) is 3.31. The lowest BCUT2D eigenvalue weighted by Crippen LogP contribution is -2.46. The fraction of sp³-hybridized carbons (Fsp3) is 0.950. The first-order valence-corrected chi connectivity index (χ1v) is 32.0. The Morgan fingerprint density at radius 1 is 0.478 bits per heavy atom. The third-order valence-electron chi connectivity index (χ3n) is 14.3. The molecule has 0 aromatic heterocycles. The Labute approximate surface area is 431 Å². The van der Waals surface area contributed by atoms with E-state index in [0.29, 0.717) is 23.9 Å². The number of quaternary nitrogens is 1. The van der Waals surface area contributed by atoms with Crippen LogP contribution in [0.4, 0.5) is 0 Å². The summed E-state index contributed by atoms with van der Waals surface area (Å²) in [4.78, 5) is 23.4. The van der Waals surface area contributed by atoms with Gasteiger partial charge in [-0.05, 0) is 38.5 Å². The Morgan fingerprint density at radius 3 is 1.12 bits per heavy atom. The molecule has 0 rings (SSSR count). The van der Waals surface area contributed by atoms with Crippen LogP contribution >= 0.6 is 7.82 Å². The minimum absolute atomic E-state index is 0.0775. The number of phosphoric ester groups is 1. The van der Waals surface area contributed by atoms with Crippen LogP contribution in [0.25, 0.3) is 0 Å². The molecule has 0 aromatic carbocycles. The minimum Gasteiger partial charge on any atom is -0.391 e. The van der Waals surface area contributed by atoms with Crippen molar-refractivity contribution >= 4 is 13.7 Å². The van der Waals surface area contributed by atoms with Crippen molar-refractivity contribution in [1.82, 2.24) is 5.32 Å². The molecule has 0 aliphatic carbocycles. The van der Waals surface area contributed by atoms with Crippen LogP contribution in [0.3, 0.4) is 0 Å². The largest absolute Gasteiger partial charge is 0.472 e. The maximum Gasteiger partial charge on any atom is 0.472 e. The highest BCUT2D eigenvalue weighted by atomic mass is 31.2. The molecule has 0 aromatic rings. The lowest BCUT2D eigenvalue weighted by molar-refractivity contribution is -0.870. The predicted molar refractivity (Wildman–Crippen MR) is 300 cm³/mol. The van der Waals surface area contributed by atoms with E-state index in [0.717, 1.165) is 38.5 Å². The molecule has 412 valence electrons. The molecule has 0 aliphatic heterocycles. The normalized spacial score (nSPS) is 13.9. The van der Waals surface area contributed by atoms with Gasteiger partial charge in [0.2, 0.25) is 5.91 Å². The summed E-state index contributed by atoms with van der Waals surface area (Å²) in [5, 5.41) is 14.1. The number of carbonyl (C=O) groups is 1. The van der Waals surface area contributed by atoms with Gasteiger partial charge >= 0.3 is 7.82 Å². The monoisotopic (exact) mass is 998 g/mol. The summed E-state index contributed by atoms with van der Waals surface area (Å²) in [5.74, 6) is -0.138. The van der Waals surface area contributed by atoms with Gasteiger partial charge in [0.05, 0.1) is 39.9 Å². The SMILES string of the molecule is CCCCCCCCCCCCCC/C=C\CCCCCCCCCCCCCCCC(=O)NC(COP(=O)(O)OCC[N+](C)(C)C)C(O)CCCCCCCCCCCCCCCCCCCC. The predicted octanol–water partition coefficient (Wildman–Crippen LogP) is 18.6. The molecule has 1 amide bonds. The first kappa shape index (κ1) is 68.2. The van der Waals surface area contributed by atoms with Crippen molar-refractivity contribution in [3.63, 3.8) is 0 Å². The fourth-order valence-electron chi connectivity index (χ4n) is 9.46. The van der Waals surface area contributed by atoms with E-state index in [-0.39, 0.29) is 19.1 Å². The molecule has 0 fully saturated rings. The number of rotatable bonds is 57. The number of amides is 1. The Balaban J connectivity index is 4.06. The van der Waals surface area contributed by atoms with Gasteiger partial charge in [0.25, 0.3) is 0 Å². The van der Waals surface area contributed by atoms with Crippen molar-refractivity contribution in [3.05, 3.63) is 12.2 Å². The van der Waals surface area contributed by atoms with E-state index in [4.69, 9.17) is 9.05 Å². The van der Waals surface area contributed by atoms with Gasteiger partial charge in [-0.25, -0.2) is 4.57 Å². The number of nitrogens with one attached hydrogen (secondary N) is 1. The summed E-state index contributed by atoms with van der Waals surface area (Å²) < 4.78 is 23.8. The summed E-state index contributed by atoms with van der Waals surface area (Å²) in [6.45, 7) is 4.94. The van der Waals surface area contributed by atoms with E-state index in [1.54, 1.807) is 0 Å². The lowest BCUT2D eigenvalue weighted by atomic mass is 10.0. The first-order chi connectivity index (χ1) is 33.5. The van der Waals surface area contributed by atoms with E-state index < -0.39 is 20.0 Å². The van der Waals surface area contributed by atoms with Gasteiger partial charge in [-0.2, -0.15) is 0 Å². The molecule has 3 N–H and O–H groups in total. The van der Waals surface area contributed by atoms with E-state index in [2.05, 4.69) is 31.3 Å². The summed E-state index contributed by atoms with van der Waals surface area (Å²) in [6.07, 6.45) is 64.2. The second kappa shape index (κ2) is 52.1. The van der Waals surface area contributed by atoms with Gasteiger partial charge in [0, 0.05) is 6.42 Å². The molecule has 0 radical (unpaired) electrons. The highest BCUT2D eigenvalue weighted by Crippen LogP contribution is 2.43. The van der Waals surface area contributed by atoms with Crippen molar-refractivity contribution in [1.29, 1.82) is 0 Å². The maximum atomic E-state index is 13.0. The molecule has 8 nitrogen and oxygen atoms in total. The highest BCUT2D eigenvalue weighted by Gasteiger charge is 2.28. The van der Waals surface area contributed by atoms with Crippen LogP contribution in [0.5, 0.6) is 0 Å². The Kier molecular flexibility index (Phi) is 51.5. The second-order valence-electron chi connectivity index (χ2n) is 22.4. The molecule has 9 heteroatoms. The number of carbonyl (C=O) groups excluding carboxylic acids is 1. The van der Waals surface area contributed by atoms with E-state index in [9.17, 15) is 19.4 Å². The van der Waals surface area contributed by atoms with Gasteiger partial charge in [-0.15, -0.1) is 0 Å². The van der Waals surface area contributed by atoms with Gasteiger partial charge in [-0.1, -0.05) is 283 Å². The topological polar surface area (TPSA) is 105 Å². The third-order valence-corrected chi connectivity index (χ3v) is 15.2. The number of hydrogen-bond donors (Lipinski definition) is 3. The molecule has 0 saturated heterocycles. The fourth-order valence-corrected chi connectivity index (χ4v) is 10.2. The molecule has 0 saturated carbocycles. The third kappa shape index (κ3) is 54.8. The number of hydrogen-bond acceptors (Lipinski definition) is 5. The summed E-state index contributed by atoms with van der Waals surface area (Å²) >= 11 is 0.